The fourth-order valence-corrected chi connectivity index (χ4v) is 2.61. The maximum Gasteiger partial charge on any atom is 0.147 e. The van der Waals surface area contributed by atoms with E-state index in [9.17, 15) is 0 Å². The van der Waals surface area contributed by atoms with Crippen LogP contribution >= 0.6 is 11.8 Å². The summed E-state index contributed by atoms with van der Waals surface area (Å²) in [6.45, 7) is 9.36. The molecular formula is C16H22N2OS. The third-order valence-electron chi connectivity index (χ3n) is 2.78. The smallest absolute Gasteiger partial charge is 0.147 e. The van der Waals surface area contributed by atoms with Gasteiger partial charge >= 0.3 is 0 Å². The molecule has 0 aliphatic carbocycles. The quantitative estimate of drug-likeness (QED) is 0.839. The number of nitrogens with zero attached hydrogens (tertiary/aromatic N) is 1. The highest BCUT2D eigenvalue weighted by molar-refractivity contribution is 7.98. The zero-order valence-corrected chi connectivity index (χ0v) is 13.4. The third-order valence-corrected chi connectivity index (χ3v) is 3.80. The van der Waals surface area contributed by atoms with E-state index in [-0.39, 0.29) is 5.54 Å². The van der Waals surface area contributed by atoms with Gasteiger partial charge in [-0.25, -0.2) is 0 Å². The van der Waals surface area contributed by atoms with Gasteiger partial charge in [0.1, 0.15) is 5.76 Å². The van der Waals surface area contributed by atoms with Crippen LogP contribution in [0.15, 0.2) is 39.8 Å². The first-order chi connectivity index (χ1) is 9.42. The lowest BCUT2D eigenvalue weighted by Crippen LogP contribution is -2.35. The number of aromatic nitrogens is 1. The lowest BCUT2D eigenvalue weighted by Gasteiger charge is -2.20. The zero-order chi connectivity index (χ0) is 14.6. The van der Waals surface area contributed by atoms with Crippen molar-refractivity contribution in [2.24, 2.45) is 0 Å². The topological polar surface area (TPSA) is 38.1 Å². The molecule has 108 valence electrons. The highest BCUT2D eigenvalue weighted by Crippen LogP contribution is 2.24. The van der Waals surface area contributed by atoms with Crippen molar-refractivity contribution in [3.63, 3.8) is 0 Å². The van der Waals surface area contributed by atoms with E-state index < -0.39 is 0 Å². The average Bonchev–Trinajstić information content (AvgIpc) is 2.80. The summed E-state index contributed by atoms with van der Waals surface area (Å²) in [5.41, 5.74) is 2.38. The number of hydrogen-bond donors (Lipinski definition) is 1. The molecule has 0 aliphatic rings. The molecule has 0 bridgehead atoms. The predicted octanol–water partition coefficient (Wildman–Crippen LogP) is 4.16. The first-order valence-corrected chi connectivity index (χ1v) is 7.80. The van der Waals surface area contributed by atoms with Gasteiger partial charge in [-0.1, -0.05) is 17.3 Å². The Kier molecular flexibility index (Phi) is 4.89. The summed E-state index contributed by atoms with van der Waals surface area (Å²) < 4.78 is 5.23. The van der Waals surface area contributed by atoms with E-state index in [1.165, 1.54) is 10.5 Å². The van der Waals surface area contributed by atoms with Gasteiger partial charge in [0, 0.05) is 23.0 Å². The second kappa shape index (κ2) is 6.46. The highest BCUT2D eigenvalue weighted by Gasteiger charge is 2.08. The van der Waals surface area contributed by atoms with Crippen LogP contribution in [0.5, 0.6) is 0 Å². The Morgan fingerprint density at radius 1 is 1.25 bits per heavy atom. The van der Waals surface area contributed by atoms with Gasteiger partial charge < -0.3 is 9.84 Å². The van der Waals surface area contributed by atoms with Crippen molar-refractivity contribution in [2.75, 3.05) is 0 Å². The van der Waals surface area contributed by atoms with Gasteiger partial charge in [0.05, 0.1) is 11.4 Å². The molecule has 0 unspecified atom stereocenters. The van der Waals surface area contributed by atoms with Gasteiger partial charge in [-0.15, -0.1) is 11.8 Å². The monoisotopic (exact) mass is 290 g/mol. The molecule has 1 heterocycles. The van der Waals surface area contributed by atoms with Gasteiger partial charge in [-0.05, 0) is 45.4 Å². The van der Waals surface area contributed by atoms with E-state index in [4.69, 9.17) is 4.52 Å². The lowest BCUT2D eigenvalue weighted by atomic mass is 10.1. The molecule has 0 spiro atoms. The maximum atomic E-state index is 5.23. The Labute approximate surface area is 125 Å². The summed E-state index contributed by atoms with van der Waals surface area (Å²) in [6.07, 6.45) is 0. The largest absolute Gasteiger partial charge is 0.360 e. The molecule has 2 rings (SSSR count). The Bertz CT molecular complexity index is 558. The first kappa shape index (κ1) is 15.1. The predicted molar refractivity (Wildman–Crippen MR) is 83.8 cm³/mol. The average molecular weight is 290 g/mol. The molecule has 0 saturated carbocycles. The van der Waals surface area contributed by atoms with E-state index in [1.807, 2.05) is 13.0 Å². The normalized spacial score (nSPS) is 11.8. The minimum Gasteiger partial charge on any atom is -0.360 e. The molecule has 0 fully saturated rings. The van der Waals surface area contributed by atoms with Gasteiger partial charge in [-0.3, -0.25) is 0 Å². The van der Waals surface area contributed by atoms with Crippen LogP contribution in [0.1, 0.15) is 37.8 Å². The van der Waals surface area contributed by atoms with Crippen molar-refractivity contribution < 1.29 is 4.52 Å². The minimum absolute atomic E-state index is 0.139. The van der Waals surface area contributed by atoms with E-state index in [0.29, 0.717) is 0 Å². The van der Waals surface area contributed by atoms with Crippen molar-refractivity contribution in [1.82, 2.24) is 10.5 Å². The number of hydrogen-bond acceptors (Lipinski definition) is 4. The van der Waals surface area contributed by atoms with Crippen molar-refractivity contribution in [2.45, 2.75) is 50.4 Å². The molecule has 0 amide bonds. The SMILES string of the molecule is Cc1cc(CSc2cccc(CNC(C)(C)C)c2)on1. The fourth-order valence-electron chi connectivity index (χ4n) is 1.75. The standard InChI is InChI=1S/C16H22N2OS/c1-12-8-14(19-18-12)11-20-15-7-5-6-13(9-15)10-17-16(2,3)4/h5-9,17H,10-11H2,1-4H3. The summed E-state index contributed by atoms with van der Waals surface area (Å²) in [5.74, 6) is 1.74. The van der Waals surface area contributed by atoms with Crippen LogP contribution in [0.3, 0.4) is 0 Å². The van der Waals surface area contributed by atoms with Crippen LogP contribution in [-0.2, 0) is 12.3 Å². The van der Waals surface area contributed by atoms with Gasteiger partial charge in [0.15, 0.2) is 0 Å². The Hall–Kier alpha value is -1.26. The van der Waals surface area contributed by atoms with E-state index >= 15 is 0 Å². The summed E-state index contributed by atoms with van der Waals surface area (Å²) in [5, 5.41) is 7.41. The molecule has 0 aliphatic heterocycles. The van der Waals surface area contributed by atoms with Gasteiger partial charge in [-0.2, -0.15) is 0 Å². The molecule has 0 radical (unpaired) electrons. The van der Waals surface area contributed by atoms with Crippen molar-refractivity contribution in [3.8, 4) is 0 Å². The third kappa shape index (κ3) is 5.02. The van der Waals surface area contributed by atoms with Crippen LogP contribution in [0, 0.1) is 6.92 Å². The first-order valence-electron chi connectivity index (χ1n) is 6.81. The van der Waals surface area contributed by atoms with E-state index in [1.54, 1.807) is 11.8 Å². The second-order valence-corrected chi connectivity index (χ2v) is 7.02. The Morgan fingerprint density at radius 2 is 2.05 bits per heavy atom. The Morgan fingerprint density at radius 3 is 2.70 bits per heavy atom. The van der Waals surface area contributed by atoms with Gasteiger partial charge in [0.2, 0.25) is 0 Å². The molecule has 4 heteroatoms. The summed E-state index contributed by atoms with van der Waals surface area (Å²) in [6, 6.07) is 10.6. The van der Waals surface area contributed by atoms with Crippen molar-refractivity contribution >= 4 is 11.8 Å². The van der Waals surface area contributed by atoms with Crippen LogP contribution in [0.4, 0.5) is 0 Å². The van der Waals surface area contributed by atoms with Crippen LogP contribution in [-0.4, -0.2) is 10.7 Å². The summed E-state index contributed by atoms with van der Waals surface area (Å²) in [4.78, 5) is 1.26. The van der Waals surface area contributed by atoms with E-state index in [2.05, 4.69) is 55.5 Å². The number of rotatable bonds is 5. The molecule has 1 N–H and O–H groups in total. The lowest BCUT2D eigenvalue weighted by molar-refractivity contribution is 0.391. The maximum absolute atomic E-state index is 5.23. The Balaban J connectivity index is 1.92. The van der Waals surface area contributed by atoms with Crippen LogP contribution < -0.4 is 5.32 Å². The number of benzene rings is 1. The zero-order valence-electron chi connectivity index (χ0n) is 12.6. The molecule has 0 saturated heterocycles. The summed E-state index contributed by atoms with van der Waals surface area (Å²) >= 11 is 1.77. The number of nitrogens with one attached hydrogen (secondary N) is 1. The molecule has 0 atom stereocenters. The van der Waals surface area contributed by atoms with Crippen molar-refractivity contribution in [1.29, 1.82) is 0 Å². The minimum atomic E-state index is 0.139. The van der Waals surface area contributed by atoms with E-state index in [0.717, 1.165) is 23.8 Å². The molecule has 3 nitrogen and oxygen atoms in total. The van der Waals surface area contributed by atoms with Crippen molar-refractivity contribution in [3.05, 3.63) is 47.3 Å². The molecule has 1 aromatic carbocycles. The van der Waals surface area contributed by atoms with Crippen LogP contribution in [0.2, 0.25) is 0 Å². The highest BCUT2D eigenvalue weighted by atomic mass is 32.2. The number of aryl methyl sites for hydroxylation is 1. The molecular weight excluding hydrogens is 268 g/mol. The molecule has 2 aromatic rings. The number of thioether (sulfide) groups is 1. The molecule has 20 heavy (non-hydrogen) atoms. The molecule has 1 aromatic heterocycles. The summed E-state index contributed by atoms with van der Waals surface area (Å²) in [7, 11) is 0. The van der Waals surface area contributed by atoms with Gasteiger partial charge in [0.25, 0.3) is 0 Å². The second-order valence-electron chi connectivity index (χ2n) is 5.97. The van der Waals surface area contributed by atoms with Crippen LogP contribution in [0.25, 0.3) is 0 Å². The fraction of sp³-hybridized carbons (Fsp3) is 0.438.